The molecule has 0 aromatic heterocycles. The van der Waals surface area contributed by atoms with Crippen LogP contribution in [-0.2, 0) is 10.0 Å². The zero-order chi connectivity index (χ0) is 14.9. The molecule has 1 aliphatic carbocycles. The van der Waals surface area contributed by atoms with Crippen molar-refractivity contribution in [1.82, 2.24) is 4.31 Å². The van der Waals surface area contributed by atoms with Crippen LogP contribution >= 0.6 is 0 Å². The number of aryl methyl sites for hydroxylation is 2. The number of nitrogens with zero attached hydrogens (tertiary/aromatic N) is 1. The Morgan fingerprint density at radius 3 is 2.35 bits per heavy atom. The van der Waals surface area contributed by atoms with E-state index in [-0.39, 0.29) is 6.54 Å². The van der Waals surface area contributed by atoms with Crippen LogP contribution in [0.4, 0.5) is 5.69 Å². The van der Waals surface area contributed by atoms with Crippen LogP contribution in [0.5, 0.6) is 0 Å². The Labute approximate surface area is 121 Å². The van der Waals surface area contributed by atoms with Crippen molar-refractivity contribution in [3.05, 3.63) is 23.3 Å². The minimum atomic E-state index is -3.56. The zero-order valence-corrected chi connectivity index (χ0v) is 12.7. The molecule has 2 rings (SSSR count). The summed E-state index contributed by atoms with van der Waals surface area (Å²) in [6.45, 7) is 4.15. The number of hydrogen-bond acceptors (Lipinski definition) is 3. The van der Waals surface area contributed by atoms with Crippen molar-refractivity contribution < 1.29 is 8.42 Å². The fraction of sp³-hybridized carbons (Fsp3) is 0.467. The van der Waals surface area contributed by atoms with E-state index in [2.05, 4.69) is 5.92 Å². The van der Waals surface area contributed by atoms with E-state index in [1.807, 2.05) is 0 Å². The largest absolute Gasteiger partial charge is 0.399 e. The number of nitrogen functional groups attached to an aromatic ring is 1. The van der Waals surface area contributed by atoms with E-state index in [4.69, 9.17) is 12.2 Å². The van der Waals surface area contributed by atoms with Crippen molar-refractivity contribution in [1.29, 1.82) is 0 Å². The molecule has 0 aliphatic heterocycles. The van der Waals surface area contributed by atoms with Crippen molar-refractivity contribution in [3.63, 3.8) is 0 Å². The highest BCUT2D eigenvalue weighted by Gasteiger charge is 2.32. The van der Waals surface area contributed by atoms with Gasteiger partial charge in [0, 0.05) is 12.2 Å². The third kappa shape index (κ3) is 2.97. The minimum absolute atomic E-state index is 0.113. The van der Waals surface area contributed by atoms with Gasteiger partial charge in [0.15, 0.2) is 0 Å². The molecule has 1 aliphatic rings. The quantitative estimate of drug-likeness (QED) is 0.666. The summed E-state index contributed by atoms with van der Waals surface area (Å²) in [4.78, 5) is 0.336. The predicted molar refractivity (Wildman–Crippen MR) is 80.6 cm³/mol. The molecule has 0 radical (unpaired) electrons. The summed E-state index contributed by atoms with van der Waals surface area (Å²) in [5.41, 5.74) is 7.66. The van der Waals surface area contributed by atoms with Crippen molar-refractivity contribution >= 4 is 15.7 Å². The summed E-state index contributed by atoms with van der Waals surface area (Å²) in [6, 6.07) is 3.37. The first kappa shape index (κ1) is 14.9. The average molecular weight is 292 g/mol. The van der Waals surface area contributed by atoms with E-state index in [1.165, 1.54) is 4.31 Å². The molecule has 1 fully saturated rings. The van der Waals surface area contributed by atoms with Crippen molar-refractivity contribution in [2.24, 2.45) is 5.92 Å². The molecule has 1 aromatic carbocycles. The second-order valence-electron chi connectivity index (χ2n) is 5.43. The number of anilines is 1. The van der Waals surface area contributed by atoms with Gasteiger partial charge in [-0.2, -0.15) is 4.31 Å². The maximum absolute atomic E-state index is 12.8. The molecule has 5 heteroatoms. The van der Waals surface area contributed by atoms with E-state index in [0.29, 0.717) is 34.2 Å². The Bertz CT molecular complexity index is 632. The fourth-order valence-corrected chi connectivity index (χ4v) is 4.30. The van der Waals surface area contributed by atoms with Crippen molar-refractivity contribution in [2.75, 3.05) is 18.8 Å². The van der Waals surface area contributed by atoms with Crippen LogP contribution in [0.3, 0.4) is 0 Å². The van der Waals surface area contributed by atoms with Crippen LogP contribution in [0.15, 0.2) is 17.0 Å². The normalized spacial score (nSPS) is 15.3. The second-order valence-corrected chi connectivity index (χ2v) is 7.30. The average Bonchev–Trinajstić information content (AvgIpc) is 3.10. The van der Waals surface area contributed by atoms with E-state index < -0.39 is 10.0 Å². The summed E-state index contributed by atoms with van der Waals surface area (Å²) in [5, 5.41) is 0. The lowest BCUT2D eigenvalue weighted by molar-refractivity contribution is 0.429. The first-order chi connectivity index (χ1) is 9.36. The van der Waals surface area contributed by atoms with Gasteiger partial charge in [-0.3, -0.25) is 0 Å². The van der Waals surface area contributed by atoms with E-state index >= 15 is 0 Å². The van der Waals surface area contributed by atoms with Crippen molar-refractivity contribution in [2.45, 2.75) is 31.6 Å². The van der Waals surface area contributed by atoms with Crippen LogP contribution in [0, 0.1) is 32.1 Å². The summed E-state index contributed by atoms with van der Waals surface area (Å²) in [6.07, 6.45) is 7.48. The molecule has 20 heavy (non-hydrogen) atoms. The molecule has 0 atom stereocenters. The van der Waals surface area contributed by atoms with Crippen LogP contribution in [0.25, 0.3) is 0 Å². The monoisotopic (exact) mass is 292 g/mol. The lowest BCUT2D eigenvalue weighted by Crippen LogP contribution is -2.34. The molecule has 0 amide bonds. The van der Waals surface area contributed by atoms with Gasteiger partial charge >= 0.3 is 0 Å². The molecule has 0 saturated heterocycles. The highest BCUT2D eigenvalue weighted by atomic mass is 32.2. The Hall–Kier alpha value is -1.51. The van der Waals surface area contributed by atoms with E-state index in [9.17, 15) is 8.42 Å². The number of rotatable bonds is 5. The van der Waals surface area contributed by atoms with Gasteiger partial charge in [-0.05, 0) is 55.9 Å². The lowest BCUT2D eigenvalue weighted by Gasteiger charge is -2.22. The molecule has 0 heterocycles. The standard InChI is InChI=1S/C15H20N2O2S/c1-4-7-17(10-13-5-6-13)20(18,19)15-11(2)8-14(16)9-12(15)3/h1,8-9,13H,5-7,10,16H2,2-3H3. The van der Waals surface area contributed by atoms with Gasteiger partial charge in [0.25, 0.3) is 0 Å². The van der Waals surface area contributed by atoms with Crippen LogP contribution < -0.4 is 5.73 Å². The highest BCUT2D eigenvalue weighted by molar-refractivity contribution is 7.89. The predicted octanol–water partition coefficient (Wildman–Crippen LogP) is 1.92. The first-order valence-corrected chi connectivity index (χ1v) is 8.10. The molecule has 2 N–H and O–H groups in total. The third-order valence-electron chi connectivity index (χ3n) is 3.51. The lowest BCUT2D eigenvalue weighted by atomic mass is 10.1. The van der Waals surface area contributed by atoms with Gasteiger partial charge in [0.1, 0.15) is 0 Å². The number of sulfonamides is 1. The molecule has 108 valence electrons. The minimum Gasteiger partial charge on any atom is -0.399 e. The summed E-state index contributed by atoms with van der Waals surface area (Å²) >= 11 is 0. The molecular weight excluding hydrogens is 272 g/mol. The molecule has 1 saturated carbocycles. The molecule has 0 spiro atoms. The number of nitrogens with two attached hydrogens (primary N) is 1. The van der Waals surface area contributed by atoms with E-state index in [0.717, 1.165) is 12.8 Å². The number of hydrogen-bond donors (Lipinski definition) is 1. The smallest absolute Gasteiger partial charge is 0.244 e. The van der Waals surface area contributed by atoms with Crippen molar-refractivity contribution in [3.8, 4) is 12.3 Å². The molecule has 0 bridgehead atoms. The SMILES string of the molecule is C#CCN(CC1CC1)S(=O)(=O)c1c(C)cc(N)cc1C. The highest BCUT2D eigenvalue weighted by Crippen LogP contribution is 2.33. The zero-order valence-electron chi connectivity index (χ0n) is 11.9. The van der Waals surface area contributed by atoms with Gasteiger partial charge < -0.3 is 5.73 Å². The maximum atomic E-state index is 12.8. The summed E-state index contributed by atoms with van der Waals surface area (Å²) in [7, 11) is -3.56. The van der Waals surface area contributed by atoms with Crippen LogP contribution in [-0.4, -0.2) is 25.8 Å². The van der Waals surface area contributed by atoms with Gasteiger partial charge in [-0.25, -0.2) is 8.42 Å². The van der Waals surface area contributed by atoms with E-state index in [1.54, 1.807) is 26.0 Å². The molecule has 1 aromatic rings. The van der Waals surface area contributed by atoms with Gasteiger partial charge in [-0.15, -0.1) is 6.42 Å². The number of terminal acetylenes is 1. The van der Waals surface area contributed by atoms with Crippen LogP contribution in [0.2, 0.25) is 0 Å². The van der Waals surface area contributed by atoms with Crippen LogP contribution in [0.1, 0.15) is 24.0 Å². The topological polar surface area (TPSA) is 63.4 Å². The summed E-state index contributed by atoms with van der Waals surface area (Å²) < 4.78 is 27.1. The molecule has 0 unspecified atom stereocenters. The second kappa shape index (κ2) is 5.47. The summed E-state index contributed by atoms with van der Waals surface area (Å²) in [5.74, 6) is 2.90. The number of benzene rings is 1. The van der Waals surface area contributed by atoms with Gasteiger partial charge in [-0.1, -0.05) is 5.92 Å². The molecular formula is C15H20N2O2S. The Balaban J connectivity index is 2.44. The molecule has 4 nitrogen and oxygen atoms in total. The maximum Gasteiger partial charge on any atom is 0.244 e. The third-order valence-corrected chi connectivity index (χ3v) is 5.62. The Morgan fingerprint density at radius 2 is 1.90 bits per heavy atom. The Morgan fingerprint density at radius 1 is 1.35 bits per heavy atom. The first-order valence-electron chi connectivity index (χ1n) is 6.66. The van der Waals surface area contributed by atoms with Gasteiger partial charge in [0.2, 0.25) is 10.0 Å². The Kier molecular flexibility index (Phi) is 4.07. The fourth-order valence-electron chi connectivity index (χ4n) is 2.46. The van der Waals surface area contributed by atoms with Gasteiger partial charge in [0.05, 0.1) is 11.4 Å².